The van der Waals surface area contributed by atoms with Crippen molar-refractivity contribution < 1.29 is 9.59 Å². The van der Waals surface area contributed by atoms with Gasteiger partial charge < -0.3 is 15.5 Å². The monoisotopic (exact) mass is 465 g/mol. The van der Waals surface area contributed by atoms with E-state index in [1.807, 2.05) is 53.4 Å². The smallest absolute Gasteiger partial charge is 0.239 e. The van der Waals surface area contributed by atoms with Crippen LogP contribution in [-0.2, 0) is 9.59 Å². The number of halogens is 1. The van der Waals surface area contributed by atoms with Crippen LogP contribution in [0, 0.1) is 11.3 Å². The van der Waals surface area contributed by atoms with Crippen molar-refractivity contribution in [1.82, 2.24) is 5.32 Å². The third kappa shape index (κ3) is 4.93. The molecule has 0 bridgehead atoms. The van der Waals surface area contributed by atoms with Crippen LogP contribution in [0.15, 0.2) is 59.8 Å². The second-order valence-electron chi connectivity index (χ2n) is 10.2. The number of nitrogens with one attached hydrogen (secondary N) is 2. The Hall–Kier alpha value is -2.79. The molecule has 0 spiro atoms. The largest absolute Gasteiger partial charge is 0.357 e. The van der Waals surface area contributed by atoms with Gasteiger partial charge in [0.15, 0.2) is 5.78 Å². The van der Waals surface area contributed by atoms with E-state index in [-0.39, 0.29) is 23.7 Å². The lowest BCUT2D eigenvalue weighted by molar-refractivity contribution is -0.120. The van der Waals surface area contributed by atoms with Crippen LogP contribution in [0.3, 0.4) is 0 Å². The number of hydrogen-bond acceptors (Lipinski definition) is 4. The number of anilines is 2. The molecule has 2 aliphatic rings. The number of fused-ring (bicyclic) bond motifs is 1. The fourth-order valence-corrected chi connectivity index (χ4v) is 5.02. The van der Waals surface area contributed by atoms with E-state index in [4.69, 9.17) is 11.6 Å². The molecule has 1 amide bonds. The first-order valence-electron chi connectivity index (χ1n) is 11.6. The molecule has 1 aliphatic heterocycles. The molecule has 1 heterocycles. The number of carbonyl (C=O) groups is 2. The molecule has 0 saturated carbocycles. The molecule has 33 heavy (non-hydrogen) atoms. The van der Waals surface area contributed by atoms with Gasteiger partial charge in [-0.15, -0.1) is 0 Å². The minimum atomic E-state index is -0.460. The van der Waals surface area contributed by atoms with Crippen LogP contribution >= 0.6 is 11.6 Å². The molecule has 2 aromatic rings. The highest BCUT2D eigenvalue weighted by molar-refractivity contribution is 6.31. The number of Topliss-reactive ketones (excluding diaryl/α,β-unsaturated/α-hetero) is 1. The van der Waals surface area contributed by atoms with Crippen molar-refractivity contribution in [3.63, 3.8) is 0 Å². The Balaban J connectivity index is 1.89. The van der Waals surface area contributed by atoms with E-state index in [0.29, 0.717) is 29.5 Å². The minimum absolute atomic E-state index is 0.0804. The summed E-state index contributed by atoms with van der Waals surface area (Å²) < 4.78 is 0. The van der Waals surface area contributed by atoms with Gasteiger partial charge >= 0.3 is 0 Å². The van der Waals surface area contributed by atoms with Crippen LogP contribution in [0.1, 0.15) is 52.1 Å². The van der Waals surface area contributed by atoms with Crippen molar-refractivity contribution >= 4 is 34.7 Å². The molecule has 0 saturated heterocycles. The zero-order valence-corrected chi connectivity index (χ0v) is 20.5. The fraction of sp³-hybridized carbons (Fsp3) is 0.407. The second-order valence-corrected chi connectivity index (χ2v) is 10.6. The van der Waals surface area contributed by atoms with E-state index in [1.54, 1.807) is 0 Å². The molecule has 0 radical (unpaired) electrons. The first-order valence-corrected chi connectivity index (χ1v) is 11.9. The van der Waals surface area contributed by atoms with Gasteiger partial charge in [-0.3, -0.25) is 9.59 Å². The van der Waals surface area contributed by atoms with Crippen LogP contribution in [0.25, 0.3) is 0 Å². The summed E-state index contributed by atoms with van der Waals surface area (Å²) in [6, 6.07) is 15.1. The van der Waals surface area contributed by atoms with Crippen molar-refractivity contribution in [2.45, 2.75) is 46.6 Å². The van der Waals surface area contributed by atoms with Crippen LogP contribution in [0.4, 0.5) is 11.4 Å². The molecule has 1 unspecified atom stereocenters. The molecule has 4 rings (SSSR count). The summed E-state index contributed by atoms with van der Waals surface area (Å²) in [6.07, 6.45) is 1.20. The van der Waals surface area contributed by atoms with Crippen molar-refractivity contribution in [2.24, 2.45) is 11.3 Å². The second kappa shape index (κ2) is 9.22. The highest BCUT2D eigenvalue weighted by Crippen LogP contribution is 2.49. The highest BCUT2D eigenvalue weighted by atomic mass is 35.5. The number of rotatable bonds is 5. The molecular weight excluding hydrogens is 434 g/mol. The maximum absolute atomic E-state index is 13.6. The zero-order valence-electron chi connectivity index (χ0n) is 19.7. The summed E-state index contributed by atoms with van der Waals surface area (Å²) >= 11 is 6.70. The number of amides is 1. The molecule has 1 aliphatic carbocycles. The maximum atomic E-state index is 13.6. The van der Waals surface area contributed by atoms with Crippen LogP contribution in [0.5, 0.6) is 0 Å². The summed E-state index contributed by atoms with van der Waals surface area (Å²) in [4.78, 5) is 28.7. The number of ketones is 1. The lowest BCUT2D eigenvalue weighted by Crippen LogP contribution is -2.42. The molecule has 174 valence electrons. The Morgan fingerprint density at radius 1 is 1.15 bits per heavy atom. The average Bonchev–Trinajstić information content (AvgIpc) is 2.86. The molecular formula is C27H32ClN3O2. The molecule has 6 heteroatoms. The number of benzene rings is 2. The predicted molar refractivity (Wildman–Crippen MR) is 134 cm³/mol. The normalized spacial score (nSPS) is 19.5. The number of para-hydroxylation sites is 2. The van der Waals surface area contributed by atoms with Crippen molar-refractivity contribution in [3.05, 3.63) is 70.4 Å². The maximum Gasteiger partial charge on any atom is 0.239 e. The molecule has 5 nitrogen and oxygen atoms in total. The number of allylic oxidation sites excluding steroid dienone is 1. The summed E-state index contributed by atoms with van der Waals surface area (Å²) in [5.41, 5.74) is 4.07. The third-order valence-corrected chi connectivity index (χ3v) is 6.57. The number of hydrogen-bond donors (Lipinski definition) is 2. The number of carbonyl (C=O) groups excluding carboxylic acids is 2. The zero-order chi connectivity index (χ0) is 23.8. The summed E-state index contributed by atoms with van der Waals surface area (Å²) in [5, 5.41) is 7.17. The van der Waals surface area contributed by atoms with Gasteiger partial charge in [0.2, 0.25) is 5.91 Å². The Bertz CT molecular complexity index is 1110. The summed E-state index contributed by atoms with van der Waals surface area (Å²) in [6.45, 7) is 9.09. The summed E-state index contributed by atoms with van der Waals surface area (Å²) in [7, 11) is 0. The van der Waals surface area contributed by atoms with Gasteiger partial charge in [-0.25, -0.2) is 0 Å². The van der Waals surface area contributed by atoms with Gasteiger partial charge in [0.05, 0.1) is 24.0 Å². The fourth-order valence-electron chi connectivity index (χ4n) is 4.78. The molecule has 1 atom stereocenters. The molecule has 2 aromatic carbocycles. The van der Waals surface area contributed by atoms with Crippen LogP contribution in [-0.4, -0.2) is 24.8 Å². The molecule has 0 aromatic heterocycles. The molecule has 2 N–H and O–H groups in total. The van der Waals surface area contributed by atoms with Crippen LogP contribution < -0.4 is 15.5 Å². The van der Waals surface area contributed by atoms with Gasteiger partial charge in [0.25, 0.3) is 0 Å². The lowest BCUT2D eigenvalue weighted by Gasteiger charge is -2.38. The van der Waals surface area contributed by atoms with Crippen molar-refractivity contribution in [1.29, 1.82) is 0 Å². The van der Waals surface area contributed by atoms with E-state index in [1.165, 1.54) is 0 Å². The third-order valence-electron chi connectivity index (χ3n) is 6.23. The quantitative estimate of drug-likeness (QED) is 0.592. The standard InChI is InChI=1S/C27H32ClN3O2/c1-17(2)15-29-24(33)16-31-22-12-8-7-11-20(22)30-21-13-27(3,4)14-23(32)25(21)26(31)18-9-5-6-10-19(18)28/h5-12,17,26,30H,13-16H2,1-4H3,(H,29,33). The first-order chi connectivity index (χ1) is 15.7. The SMILES string of the molecule is CC(C)CNC(=O)CN1c2ccccc2NC2=C(C(=O)CC(C)(C)C2)C1c1ccccc1Cl. The van der Waals surface area contributed by atoms with Crippen LogP contribution in [0.2, 0.25) is 5.02 Å². The van der Waals surface area contributed by atoms with Gasteiger partial charge in [-0.2, -0.15) is 0 Å². The predicted octanol–water partition coefficient (Wildman–Crippen LogP) is 5.73. The topological polar surface area (TPSA) is 61.4 Å². The summed E-state index contributed by atoms with van der Waals surface area (Å²) in [5.74, 6) is 0.366. The van der Waals surface area contributed by atoms with E-state index in [2.05, 4.69) is 38.3 Å². The Kier molecular flexibility index (Phi) is 6.53. The Morgan fingerprint density at radius 3 is 2.58 bits per heavy atom. The van der Waals surface area contributed by atoms with Gasteiger partial charge in [-0.05, 0) is 41.5 Å². The van der Waals surface area contributed by atoms with E-state index in [9.17, 15) is 9.59 Å². The van der Waals surface area contributed by atoms with Gasteiger partial charge in [0, 0.05) is 29.3 Å². The lowest BCUT2D eigenvalue weighted by atomic mass is 9.73. The Labute approximate surface area is 201 Å². The number of nitrogens with zero attached hydrogens (tertiary/aromatic N) is 1. The highest BCUT2D eigenvalue weighted by Gasteiger charge is 2.42. The molecule has 0 fully saturated rings. The Morgan fingerprint density at radius 2 is 1.85 bits per heavy atom. The van der Waals surface area contributed by atoms with E-state index in [0.717, 1.165) is 29.1 Å². The first kappa shape index (κ1) is 23.4. The van der Waals surface area contributed by atoms with Crippen molar-refractivity contribution in [2.75, 3.05) is 23.3 Å². The minimum Gasteiger partial charge on any atom is -0.357 e. The van der Waals surface area contributed by atoms with E-state index >= 15 is 0 Å². The van der Waals surface area contributed by atoms with E-state index < -0.39 is 6.04 Å². The van der Waals surface area contributed by atoms with Crippen molar-refractivity contribution in [3.8, 4) is 0 Å². The van der Waals surface area contributed by atoms with Gasteiger partial charge in [-0.1, -0.05) is 69.6 Å². The van der Waals surface area contributed by atoms with Gasteiger partial charge in [0.1, 0.15) is 0 Å². The average molecular weight is 466 g/mol.